The monoisotopic (exact) mass is 444 g/mol. The van der Waals surface area contributed by atoms with Gasteiger partial charge in [0.15, 0.2) is 0 Å². The zero-order valence-corrected chi connectivity index (χ0v) is 17.7. The topological polar surface area (TPSA) is 123 Å². The van der Waals surface area contributed by atoms with Crippen molar-refractivity contribution in [2.45, 2.75) is 30.8 Å². The summed E-state index contributed by atoms with van der Waals surface area (Å²) in [6.07, 6.45) is 0.460. The Morgan fingerprint density at radius 1 is 1.23 bits per heavy atom. The number of rotatable bonds is 6. The van der Waals surface area contributed by atoms with Gasteiger partial charge in [-0.1, -0.05) is 18.2 Å². The van der Waals surface area contributed by atoms with Crippen LogP contribution in [-0.4, -0.2) is 36.5 Å². The van der Waals surface area contributed by atoms with Crippen molar-refractivity contribution in [1.29, 1.82) is 0 Å². The molecule has 0 radical (unpaired) electrons. The van der Waals surface area contributed by atoms with Crippen molar-refractivity contribution in [2.24, 2.45) is 5.14 Å². The molecule has 0 amide bonds. The van der Waals surface area contributed by atoms with Crippen LogP contribution < -0.4 is 20.1 Å². The maximum Gasteiger partial charge on any atom is 0.322 e. The first-order chi connectivity index (χ1) is 14.8. The van der Waals surface area contributed by atoms with Gasteiger partial charge in [0.25, 0.3) is 0 Å². The van der Waals surface area contributed by atoms with Gasteiger partial charge in [-0.3, -0.25) is 0 Å². The second kappa shape index (κ2) is 8.08. The van der Waals surface area contributed by atoms with Crippen LogP contribution in [0.15, 0.2) is 47.4 Å². The molecule has 3 aromatic rings. The van der Waals surface area contributed by atoms with Crippen molar-refractivity contribution in [1.82, 2.24) is 15.0 Å². The summed E-state index contributed by atoms with van der Waals surface area (Å²) in [4.78, 5) is 14.9. The molecular weight excluding hydrogens is 423 g/mol. The van der Waals surface area contributed by atoms with Crippen LogP contribution in [0.2, 0.25) is 0 Å². The van der Waals surface area contributed by atoms with Crippen LogP contribution in [0.4, 0.5) is 22.0 Å². The Morgan fingerprint density at radius 3 is 2.71 bits per heavy atom. The van der Waals surface area contributed by atoms with E-state index in [9.17, 15) is 12.8 Å². The van der Waals surface area contributed by atoms with Crippen LogP contribution >= 0.6 is 0 Å². The summed E-state index contributed by atoms with van der Waals surface area (Å²) < 4.78 is 42.7. The lowest BCUT2D eigenvalue weighted by Gasteiger charge is -2.23. The molecule has 0 bridgehead atoms. The predicted molar refractivity (Wildman–Crippen MR) is 113 cm³/mol. The number of nitrogens with one attached hydrogen (secondary N) is 1. The smallest absolute Gasteiger partial charge is 0.322 e. The first kappa shape index (κ1) is 20.9. The fourth-order valence-electron chi connectivity index (χ4n) is 3.63. The molecule has 0 spiro atoms. The highest BCUT2D eigenvalue weighted by Gasteiger charge is 2.33. The molecule has 0 aliphatic carbocycles. The van der Waals surface area contributed by atoms with Gasteiger partial charge in [-0.15, -0.1) is 0 Å². The lowest BCUT2D eigenvalue weighted by atomic mass is 10.1. The molecule has 1 aliphatic heterocycles. The van der Waals surface area contributed by atoms with E-state index in [2.05, 4.69) is 20.3 Å². The summed E-state index contributed by atoms with van der Waals surface area (Å²) in [7, 11) is -2.43. The number of benzene rings is 2. The number of halogens is 1. The number of primary sulfonamides is 1. The molecule has 2 heterocycles. The van der Waals surface area contributed by atoms with E-state index in [-0.39, 0.29) is 28.7 Å². The Hall–Kier alpha value is -3.31. The lowest BCUT2D eigenvalue weighted by Crippen LogP contribution is -2.26. The molecule has 3 N–H and O–H groups in total. The Kier molecular flexibility index (Phi) is 5.46. The maximum atomic E-state index is 13.4. The van der Waals surface area contributed by atoms with Crippen LogP contribution in [0.5, 0.6) is 6.01 Å². The average molecular weight is 444 g/mol. The first-order valence-corrected chi connectivity index (χ1v) is 11.0. The number of nitrogens with zero attached hydrogens (tertiary/aromatic N) is 4. The van der Waals surface area contributed by atoms with E-state index in [0.29, 0.717) is 30.2 Å². The standard InChI is InChI=1S/C20H21FN6O3S/c1-12-9-15-16(7-4-8-17(15)31(22,28)29)27(12)19-24-18(25-20(26-19)30-2)23-11-13-5-3-6-14(21)10-13/h3-8,10,12H,9,11H2,1-2H3,(H2,22,28,29)(H,23,24,25,26). The quantitative estimate of drug-likeness (QED) is 0.594. The zero-order chi connectivity index (χ0) is 22.2. The molecule has 1 atom stereocenters. The van der Waals surface area contributed by atoms with Gasteiger partial charge in [-0.05, 0) is 48.7 Å². The highest BCUT2D eigenvalue weighted by molar-refractivity contribution is 7.89. The largest absolute Gasteiger partial charge is 0.467 e. The van der Waals surface area contributed by atoms with Crippen molar-refractivity contribution >= 4 is 27.6 Å². The molecule has 1 aliphatic rings. The minimum Gasteiger partial charge on any atom is -0.467 e. The highest BCUT2D eigenvalue weighted by Crippen LogP contribution is 2.40. The summed E-state index contributed by atoms with van der Waals surface area (Å²) in [5.74, 6) is 0.210. The van der Waals surface area contributed by atoms with Gasteiger partial charge in [0.05, 0.1) is 12.0 Å². The summed E-state index contributed by atoms with van der Waals surface area (Å²) >= 11 is 0. The van der Waals surface area contributed by atoms with E-state index in [4.69, 9.17) is 9.88 Å². The Labute approximate surface area is 179 Å². The molecule has 0 saturated heterocycles. The van der Waals surface area contributed by atoms with E-state index in [1.165, 1.54) is 25.3 Å². The molecule has 2 aromatic carbocycles. The van der Waals surface area contributed by atoms with Gasteiger partial charge in [-0.2, -0.15) is 15.0 Å². The van der Waals surface area contributed by atoms with Gasteiger partial charge in [0.1, 0.15) is 5.82 Å². The molecule has 1 unspecified atom stereocenters. The number of aromatic nitrogens is 3. The van der Waals surface area contributed by atoms with Gasteiger partial charge < -0.3 is 15.0 Å². The zero-order valence-electron chi connectivity index (χ0n) is 16.9. The molecule has 0 saturated carbocycles. The summed E-state index contributed by atoms with van der Waals surface area (Å²) in [6, 6.07) is 11.1. The van der Waals surface area contributed by atoms with E-state index < -0.39 is 10.0 Å². The van der Waals surface area contributed by atoms with Crippen LogP contribution in [0.1, 0.15) is 18.1 Å². The number of sulfonamides is 1. The Balaban J connectivity index is 1.70. The second-order valence-electron chi connectivity index (χ2n) is 7.15. The van der Waals surface area contributed by atoms with Crippen LogP contribution in [0.25, 0.3) is 0 Å². The van der Waals surface area contributed by atoms with E-state index in [0.717, 1.165) is 5.56 Å². The van der Waals surface area contributed by atoms with E-state index >= 15 is 0 Å². The fraction of sp³-hybridized carbons (Fsp3) is 0.250. The van der Waals surface area contributed by atoms with E-state index in [1.54, 1.807) is 24.3 Å². The Morgan fingerprint density at radius 2 is 2.00 bits per heavy atom. The minimum absolute atomic E-state index is 0.0878. The summed E-state index contributed by atoms with van der Waals surface area (Å²) in [5.41, 5.74) is 1.99. The molecule has 11 heteroatoms. The minimum atomic E-state index is -3.87. The van der Waals surface area contributed by atoms with Crippen LogP contribution in [0, 0.1) is 5.82 Å². The summed E-state index contributed by atoms with van der Waals surface area (Å²) in [5, 5.41) is 8.44. The van der Waals surface area contributed by atoms with Crippen molar-refractivity contribution in [3.63, 3.8) is 0 Å². The Bertz CT molecular complexity index is 1240. The molecule has 0 fully saturated rings. The third-order valence-corrected chi connectivity index (χ3v) is 5.95. The molecule has 1 aromatic heterocycles. The normalized spacial score (nSPS) is 15.6. The second-order valence-corrected chi connectivity index (χ2v) is 8.68. The number of fused-ring (bicyclic) bond motifs is 1. The van der Waals surface area contributed by atoms with Crippen LogP contribution in [0.3, 0.4) is 0 Å². The fourth-order valence-corrected chi connectivity index (χ4v) is 4.43. The van der Waals surface area contributed by atoms with Crippen LogP contribution in [-0.2, 0) is 23.0 Å². The molecule has 31 heavy (non-hydrogen) atoms. The van der Waals surface area contributed by atoms with Crippen molar-refractivity contribution < 1.29 is 17.5 Å². The number of anilines is 3. The number of hydrogen-bond donors (Lipinski definition) is 2. The van der Waals surface area contributed by atoms with Crippen molar-refractivity contribution in [3.05, 3.63) is 59.4 Å². The third-order valence-electron chi connectivity index (χ3n) is 4.96. The van der Waals surface area contributed by atoms with Crippen molar-refractivity contribution in [3.8, 4) is 6.01 Å². The molecule has 4 rings (SSSR count). The number of ether oxygens (including phenoxy) is 1. The molecular formula is C20H21FN6O3S. The third kappa shape index (κ3) is 4.28. The highest BCUT2D eigenvalue weighted by atomic mass is 32.2. The molecule has 162 valence electrons. The number of hydrogen-bond acceptors (Lipinski definition) is 8. The van der Waals surface area contributed by atoms with Gasteiger partial charge >= 0.3 is 6.01 Å². The van der Waals surface area contributed by atoms with Gasteiger partial charge in [-0.25, -0.2) is 17.9 Å². The SMILES string of the molecule is COc1nc(NCc2cccc(F)c2)nc(N2c3cccc(S(N)(=O)=O)c3CC2C)n1. The predicted octanol–water partition coefficient (Wildman–Crippen LogP) is 2.36. The average Bonchev–Trinajstić information content (AvgIpc) is 3.07. The lowest BCUT2D eigenvalue weighted by molar-refractivity contribution is 0.379. The van der Waals surface area contributed by atoms with E-state index in [1.807, 2.05) is 11.8 Å². The summed E-state index contributed by atoms with van der Waals surface area (Å²) in [6.45, 7) is 2.23. The van der Waals surface area contributed by atoms with Gasteiger partial charge in [0.2, 0.25) is 21.9 Å². The first-order valence-electron chi connectivity index (χ1n) is 9.48. The van der Waals surface area contributed by atoms with Crippen molar-refractivity contribution in [2.75, 3.05) is 17.3 Å². The van der Waals surface area contributed by atoms with Gasteiger partial charge in [0, 0.05) is 18.3 Å². The maximum absolute atomic E-state index is 13.4. The molecule has 9 nitrogen and oxygen atoms in total. The number of methoxy groups -OCH3 is 1. The number of nitrogens with two attached hydrogens (primary N) is 1.